The molecule has 0 saturated heterocycles. The molecular formula is C13H18ClFN2O2. The number of anilines is 2. The number of nitrogens with one attached hydrogen (secondary N) is 1. The molecular weight excluding hydrogens is 271 g/mol. The van der Waals surface area contributed by atoms with Crippen molar-refractivity contribution in [2.75, 3.05) is 18.2 Å². The maximum atomic E-state index is 13.2. The van der Waals surface area contributed by atoms with E-state index in [0.29, 0.717) is 12.1 Å². The largest absolute Gasteiger partial charge is 0.467 e. The molecule has 1 rings (SSSR count). The van der Waals surface area contributed by atoms with Crippen LogP contribution in [-0.2, 0) is 9.53 Å². The molecule has 3 N–H and O–H groups in total. The van der Waals surface area contributed by atoms with Gasteiger partial charge < -0.3 is 15.8 Å². The summed E-state index contributed by atoms with van der Waals surface area (Å²) >= 11 is 5.70. The molecule has 0 heterocycles. The van der Waals surface area contributed by atoms with Crippen LogP contribution in [0, 0.1) is 11.7 Å². The van der Waals surface area contributed by atoms with Crippen LogP contribution in [0.15, 0.2) is 12.1 Å². The molecule has 0 saturated carbocycles. The second-order valence-corrected chi connectivity index (χ2v) is 5.11. The van der Waals surface area contributed by atoms with E-state index in [1.165, 1.54) is 13.2 Å². The Balaban J connectivity index is 2.96. The Morgan fingerprint density at radius 3 is 2.68 bits per heavy atom. The van der Waals surface area contributed by atoms with Crippen LogP contribution in [0.5, 0.6) is 0 Å². The molecule has 0 aromatic heterocycles. The van der Waals surface area contributed by atoms with E-state index in [4.69, 9.17) is 22.1 Å². The molecule has 0 fully saturated rings. The lowest BCUT2D eigenvalue weighted by atomic mass is 10.0. The van der Waals surface area contributed by atoms with Gasteiger partial charge in [0, 0.05) is 6.07 Å². The standard InChI is InChI=1S/C13H18ClFN2O2/c1-7(2)4-12(13(18)19-3)17-11-5-8(14)9(15)6-10(11)16/h5-7,12,17H,4,16H2,1-3H3. The summed E-state index contributed by atoms with van der Waals surface area (Å²) in [6, 6.07) is 1.94. The van der Waals surface area contributed by atoms with Crippen LogP contribution in [0.4, 0.5) is 15.8 Å². The molecule has 0 aliphatic rings. The number of ether oxygens (including phenoxy) is 1. The summed E-state index contributed by atoms with van der Waals surface area (Å²) in [5.74, 6) is -0.703. The fourth-order valence-corrected chi connectivity index (χ4v) is 1.87. The Labute approximate surface area is 117 Å². The summed E-state index contributed by atoms with van der Waals surface area (Å²) in [5.41, 5.74) is 6.31. The molecule has 0 amide bonds. The molecule has 0 bridgehead atoms. The highest BCUT2D eigenvalue weighted by Gasteiger charge is 2.21. The number of rotatable bonds is 5. The van der Waals surface area contributed by atoms with E-state index in [9.17, 15) is 9.18 Å². The van der Waals surface area contributed by atoms with Crippen LogP contribution in [0.3, 0.4) is 0 Å². The van der Waals surface area contributed by atoms with Crippen molar-refractivity contribution >= 4 is 28.9 Å². The Morgan fingerprint density at radius 2 is 2.16 bits per heavy atom. The molecule has 1 aromatic carbocycles. The van der Waals surface area contributed by atoms with Gasteiger partial charge in [-0.25, -0.2) is 9.18 Å². The number of benzene rings is 1. The summed E-state index contributed by atoms with van der Waals surface area (Å²) in [4.78, 5) is 11.7. The van der Waals surface area contributed by atoms with Crippen LogP contribution >= 0.6 is 11.6 Å². The lowest BCUT2D eigenvalue weighted by Crippen LogP contribution is -2.32. The lowest BCUT2D eigenvalue weighted by molar-refractivity contribution is -0.141. The Morgan fingerprint density at radius 1 is 1.53 bits per heavy atom. The molecule has 4 nitrogen and oxygen atoms in total. The molecule has 106 valence electrons. The SMILES string of the molecule is COC(=O)C(CC(C)C)Nc1cc(Cl)c(F)cc1N. The van der Waals surface area contributed by atoms with Gasteiger partial charge in [0.1, 0.15) is 11.9 Å². The molecule has 6 heteroatoms. The van der Waals surface area contributed by atoms with E-state index in [-0.39, 0.29) is 16.6 Å². The van der Waals surface area contributed by atoms with Crippen LogP contribution in [0.25, 0.3) is 0 Å². The molecule has 1 atom stereocenters. The fourth-order valence-electron chi connectivity index (χ4n) is 1.70. The minimum atomic E-state index is -0.594. The molecule has 19 heavy (non-hydrogen) atoms. The van der Waals surface area contributed by atoms with E-state index < -0.39 is 17.8 Å². The van der Waals surface area contributed by atoms with Crippen LogP contribution in [0.2, 0.25) is 5.02 Å². The normalized spacial score (nSPS) is 12.3. The quantitative estimate of drug-likeness (QED) is 0.645. The molecule has 1 aromatic rings. The van der Waals surface area contributed by atoms with Crippen molar-refractivity contribution in [2.45, 2.75) is 26.3 Å². The van der Waals surface area contributed by atoms with E-state index in [0.717, 1.165) is 6.07 Å². The number of esters is 1. The number of nitrogens with two attached hydrogens (primary N) is 1. The van der Waals surface area contributed by atoms with Crippen LogP contribution in [0.1, 0.15) is 20.3 Å². The first-order valence-electron chi connectivity index (χ1n) is 5.94. The zero-order valence-electron chi connectivity index (χ0n) is 11.2. The van der Waals surface area contributed by atoms with Crippen molar-refractivity contribution in [1.29, 1.82) is 0 Å². The van der Waals surface area contributed by atoms with E-state index >= 15 is 0 Å². The zero-order valence-corrected chi connectivity index (χ0v) is 11.9. The number of nitrogen functional groups attached to an aromatic ring is 1. The smallest absolute Gasteiger partial charge is 0.328 e. The van der Waals surface area contributed by atoms with Crippen molar-refractivity contribution in [1.82, 2.24) is 0 Å². The molecule has 0 aliphatic carbocycles. The summed E-state index contributed by atoms with van der Waals surface area (Å²) in [6.45, 7) is 3.97. The highest BCUT2D eigenvalue weighted by atomic mass is 35.5. The number of carbonyl (C=O) groups is 1. The molecule has 0 spiro atoms. The van der Waals surface area contributed by atoms with Gasteiger partial charge >= 0.3 is 5.97 Å². The van der Waals surface area contributed by atoms with Gasteiger partial charge in [-0.05, 0) is 18.4 Å². The van der Waals surface area contributed by atoms with Gasteiger partial charge in [0.25, 0.3) is 0 Å². The fraction of sp³-hybridized carbons (Fsp3) is 0.462. The van der Waals surface area contributed by atoms with Crippen molar-refractivity contribution in [3.8, 4) is 0 Å². The number of methoxy groups -OCH3 is 1. The van der Waals surface area contributed by atoms with Gasteiger partial charge in [-0.1, -0.05) is 25.4 Å². The Kier molecular flexibility index (Phi) is 5.42. The summed E-state index contributed by atoms with van der Waals surface area (Å²) < 4.78 is 17.9. The van der Waals surface area contributed by atoms with Gasteiger partial charge in [0.05, 0.1) is 23.5 Å². The van der Waals surface area contributed by atoms with Gasteiger partial charge in [0.2, 0.25) is 0 Å². The van der Waals surface area contributed by atoms with Crippen LogP contribution in [-0.4, -0.2) is 19.1 Å². The van der Waals surface area contributed by atoms with Crippen LogP contribution < -0.4 is 11.1 Å². The van der Waals surface area contributed by atoms with Gasteiger partial charge in [-0.2, -0.15) is 0 Å². The third-order valence-corrected chi connectivity index (χ3v) is 2.90. The zero-order chi connectivity index (χ0) is 14.6. The Hall–Kier alpha value is -1.49. The van der Waals surface area contributed by atoms with Gasteiger partial charge in [-0.15, -0.1) is 0 Å². The number of hydrogen-bond donors (Lipinski definition) is 2. The minimum Gasteiger partial charge on any atom is -0.467 e. The highest BCUT2D eigenvalue weighted by Crippen LogP contribution is 2.27. The monoisotopic (exact) mass is 288 g/mol. The van der Waals surface area contributed by atoms with Gasteiger partial charge in [0.15, 0.2) is 0 Å². The minimum absolute atomic E-state index is 0.0511. The topological polar surface area (TPSA) is 64.3 Å². The second kappa shape index (κ2) is 6.61. The number of hydrogen-bond acceptors (Lipinski definition) is 4. The lowest BCUT2D eigenvalue weighted by Gasteiger charge is -2.20. The second-order valence-electron chi connectivity index (χ2n) is 4.70. The van der Waals surface area contributed by atoms with E-state index in [2.05, 4.69) is 5.32 Å². The molecule has 0 radical (unpaired) electrons. The van der Waals surface area contributed by atoms with E-state index in [1.54, 1.807) is 0 Å². The summed E-state index contributed by atoms with van der Waals surface area (Å²) in [6.07, 6.45) is 0.571. The van der Waals surface area contributed by atoms with Crippen molar-refractivity contribution in [3.63, 3.8) is 0 Å². The predicted octanol–water partition coefficient (Wildman–Crippen LogP) is 3.06. The summed E-state index contributed by atoms with van der Waals surface area (Å²) in [5, 5.41) is 2.90. The molecule has 0 aliphatic heterocycles. The third-order valence-electron chi connectivity index (χ3n) is 2.61. The van der Waals surface area contributed by atoms with Crippen molar-refractivity contribution < 1.29 is 13.9 Å². The average molecular weight is 289 g/mol. The maximum Gasteiger partial charge on any atom is 0.328 e. The first-order valence-corrected chi connectivity index (χ1v) is 6.31. The number of carbonyl (C=O) groups excluding carboxylic acids is 1. The first kappa shape index (κ1) is 15.6. The van der Waals surface area contributed by atoms with E-state index in [1.807, 2.05) is 13.8 Å². The maximum absolute atomic E-state index is 13.2. The average Bonchev–Trinajstić information content (AvgIpc) is 2.33. The first-order chi connectivity index (χ1) is 8.85. The van der Waals surface area contributed by atoms with Gasteiger partial charge in [-0.3, -0.25) is 0 Å². The summed E-state index contributed by atoms with van der Waals surface area (Å²) in [7, 11) is 1.32. The Bertz CT molecular complexity index is 466. The van der Waals surface area contributed by atoms with Crippen molar-refractivity contribution in [2.24, 2.45) is 5.92 Å². The third kappa shape index (κ3) is 4.28. The predicted molar refractivity (Wildman–Crippen MR) is 74.7 cm³/mol. The molecule has 1 unspecified atom stereocenters. The number of halogens is 2. The highest BCUT2D eigenvalue weighted by molar-refractivity contribution is 6.31. The van der Waals surface area contributed by atoms with Crippen molar-refractivity contribution in [3.05, 3.63) is 23.0 Å².